The van der Waals surface area contributed by atoms with Gasteiger partial charge in [0.1, 0.15) is 0 Å². The molecule has 0 bridgehead atoms. The smallest absolute Gasteiger partial charge is 0.0468 e. The third-order valence-electron chi connectivity index (χ3n) is 17.8. The van der Waals surface area contributed by atoms with E-state index in [0.29, 0.717) is 23.7 Å². The lowest BCUT2D eigenvalue weighted by Gasteiger charge is -2.29. The van der Waals surface area contributed by atoms with E-state index in [1.165, 1.54) is 163 Å². The van der Waals surface area contributed by atoms with Crippen LogP contribution in [0.2, 0.25) is 0 Å². The van der Waals surface area contributed by atoms with Gasteiger partial charge in [-0.15, -0.1) is 0 Å². The van der Waals surface area contributed by atoms with Crippen LogP contribution >= 0.6 is 0 Å². The molecule has 0 atom stereocenters. The van der Waals surface area contributed by atoms with Crippen LogP contribution in [0.1, 0.15) is 138 Å². The van der Waals surface area contributed by atoms with E-state index in [-0.39, 0.29) is 0 Å². The van der Waals surface area contributed by atoms with Gasteiger partial charge in [0.15, 0.2) is 0 Å². The lowest BCUT2D eigenvalue weighted by Crippen LogP contribution is -2.11. The summed E-state index contributed by atoms with van der Waals surface area (Å²) in [6.07, 6.45) is 13.2. The van der Waals surface area contributed by atoms with Gasteiger partial charge in [-0.25, -0.2) is 0 Å². The molecule has 11 aromatic carbocycles. The number of hydrogen-bond acceptors (Lipinski definition) is 2. The maximum atomic E-state index is 2.51. The number of anilines is 6. The molecule has 2 aliphatic rings. The van der Waals surface area contributed by atoms with Gasteiger partial charge in [0.2, 0.25) is 0 Å². The second-order valence-corrected chi connectivity index (χ2v) is 23.3. The van der Waals surface area contributed by atoms with Crippen molar-refractivity contribution < 1.29 is 0 Å². The van der Waals surface area contributed by atoms with E-state index < -0.39 is 0 Å². The molecular weight excluding hydrogens is 941 g/mol. The number of rotatable bonds is 12. The molecule has 0 aliphatic heterocycles. The van der Waals surface area contributed by atoms with Gasteiger partial charge in [-0.1, -0.05) is 212 Å². The minimum atomic E-state index is 0.441. The standard InChI is InChI=1S/C76H72N2/c1-51(2)53-29-37-61(38-30-53)77(63-41-33-57(34-42-63)55-17-7-5-8-18-55)65-45-47-71-73(49-65)75(69-27-15-23-59-21-11-13-25-67(59)69)72-48-46-66(50-74(72)76(71)70-28-16-24-60-22-12-14-26-68(60)70)78(62-39-31-54(32-40-62)52(3)4)64-43-35-58(36-44-64)56-19-9-6-10-20-56/h11-16,21-52,55-56H,5-10,17-20H2,1-4H3. The summed E-state index contributed by atoms with van der Waals surface area (Å²) in [6.45, 7) is 9.14. The molecule has 0 spiro atoms. The highest BCUT2D eigenvalue weighted by atomic mass is 15.1. The van der Waals surface area contributed by atoms with Crippen molar-refractivity contribution >= 4 is 77.2 Å². The van der Waals surface area contributed by atoms with Gasteiger partial charge in [-0.3, -0.25) is 0 Å². The van der Waals surface area contributed by atoms with E-state index in [1.807, 2.05) is 0 Å². The van der Waals surface area contributed by atoms with Crippen molar-refractivity contribution in [2.24, 2.45) is 0 Å². The summed E-state index contributed by atoms with van der Waals surface area (Å²) in [4.78, 5) is 4.99. The van der Waals surface area contributed by atoms with Crippen LogP contribution in [-0.4, -0.2) is 0 Å². The molecule has 0 N–H and O–H groups in total. The number of benzene rings is 11. The van der Waals surface area contributed by atoms with E-state index in [0.717, 1.165) is 22.7 Å². The Kier molecular flexibility index (Phi) is 13.7. The van der Waals surface area contributed by atoms with Gasteiger partial charge < -0.3 is 9.80 Å². The van der Waals surface area contributed by atoms with Crippen LogP contribution in [0.5, 0.6) is 0 Å². The Bertz CT molecular complexity index is 3640. The fourth-order valence-electron chi connectivity index (χ4n) is 13.5. The summed E-state index contributed by atoms with van der Waals surface area (Å²) >= 11 is 0. The predicted octanol–water partition coefficient (Wildman–Crippen LogP) is 22.9. The molecule has 0 aromatic heterocycles. The van der Waals surface area contributed by atoms with E-state index >= 15 is 0 Å². The molecule has 2 fully saturated rings. The summed E-state index contributed by atoms with van der Waals surface area (Å²) in [5.41, 5.74) is 17.5. The van der Waals surface area contributed by atoms with Crippen molar-refractivity contribution in [3.05, 3.63) is 241 Å². The van der Waals surface area contributed by atoms with Crippen LogP contribution in [0.25, 0.3) is 65.3 Å². The van der Waals surface area contributed by atoms with E-state index in [9.17, 15) is 0 Å². The van der Waals surface area contributed by atoms with Crippen LogP contribution in [0.15, 0.2) is 218 Å². The third-order valence-corrected chi connectivity index (χ3v) is 17.8. The minimum Gasteiger partial charge on any atom is -0.310 e. The predicted molar refractivity (Wildman–Crippen MR) is 337 cm³/mol. The first-order valence-electron chi connectivity index (χ1n) is 29.3. The van der Waals surface area contributed by atoms with Crippen molar-refractivity contribution in [3.63, 3.8) is 0 Å². The molecule has 386 valence electrons. The highest BCUT2D eigenvalue weighted by Crippen LogP contribution is 2.51. The quantitative estimate of drug-likeness (QED) is 0.113. The van der Waals surface area contributed by atoms with Crippen LogP contribution < -0.4 is 9.80 Å². The summed E-state index contributed by atoms with van der Waals surface area (Å²) in [7, 11) is 0. The molecule has 0 radical (unpaired) electrons. The maximum absolute atomic E-state index is 2.51. The molecule has 0 amide bonds. The second kappa shape index (κ2) is 21.5. The first-order chi connectivity index (χ1) is 38.3. The number of fused-ring (bicyclic) bond motifs is 4. The molecule has 78 heavy (non-hydrogen) atoms. The van der Waals surface area contributed by atoms with Gasteiger partial charge in [0.05, 0.1) is 0 Å². The Hall–Kier alpha value is -7.94. The van der Waals surface area contributed by atoms with Crippen LogP contribution in [0.4, 0.5) is 34.1 Å². The lowest BCUT2D eigenvalue weighted by molar-refractivity contribution is 0.443. The van der Waals surface area contributed by atoms with Crippen LogP contribution in [-0.2, 0) is 0 Å². The average Bonchev–Trinajstić information content (AvgIpc) is 3.66. The van der Waals surface area contributed by atoms with Crippen molar-refractivity contribution in [2.45, 2.75) is 116 Å². The molecule has 0 heterocycles. The number of hydrogen-bond donors (Lipinski definition) is 0. The summed E-state index contributed by atoms with van der Waals surface area (Å²) in [5, 5.41) is 9.90. The van der Waals surface area contributed by atoms with Crippen molar-refractivity contribution in [3.8, 4) is 22.3 Å². The minimum absolute atomic E-state index is 0.441. The number of nitrogens with zero attached hydrogens (tertiary/aromatic N) is 2. The van der Waals surface area contributed by atoms with E-state index in [2.05, 4.69) is 256 Å². The second-order valence-electron chi connectivity index (χ2n) is 23.3. The van der Waals surface area contributed by atoms with Gasteiger partial charge in [-0.2, -0.15) is 0 Å². The van der Waals surface area contributed by atoms with Crippen LogP contribution in [0.3, 0.4) is 0 Å². The normalized spacial score (nSPS) is 14.5. The van der Waals surface area contributed by atoms with Gasteiger partial charge in [0.25, 0.3) is 0 Å². The first kappa shape index (κ1) is 49.6. The molecule has 2 saturated carbocycles. The van der Waals surface area contributed by atoms with E-state index in [1.54, 1.807) is 0 Å². The zero-order valence-electron chi connectivity index (χ0n) is 46.1. The Morgan fingerprint density at radius 3 is 1.00 bits per heavy atom. The maximum Gasteiger partial charge on any atom is 0.0468 e. The van der Waals surface area contributed by atoms with Gasteiger partial charge >= 0.3 is 0 Å². The average molecular weight is 1010 g/mol. The van der Waals surface area contributed by atoms with Crippen molar-refractivity contribution in [1.82, 2.24) is 0 Å². The largest absolute Gasteiger partial charge is 0.310 e. The fourth-order valence-corrected chi connectivity index (χ4v) is 13.5. The SMILES string of the molecule is CC(C)c1ccc(N(c2ccc(C3CCCCC3)cc2)c2ccc3c(-c4cccc5ccccc45)c4cc(N(c5ccc(C(C)C)cc5)c5ccc(C6CCCCC6)cc5)ccc4c(-c4cccc5ccccc45)c3c2)cc1. The molecule has 13 rings (SSSR count). The molecule has 0 saturated heterocycles. The Labute approximate surface area is 463 Å². The van der Waals surface area contributed by atoms with Crippen molar-refractivity contribution in [1.29, 1.82) is 0 Å². The summed E-state index contributed by atoms with van der Waals surface area (Å²) < 4.78 is 0. The Morgan fingerprint density at radius 1 is 0.295 bits per heavy atom. The third kappa shape index (κ3) is 9.44. The zero-order chi connectivity index (χ0) is 52.7. The van der Waals surface area contributed by atoms with Gasteiger partial charge in [0, 0.05) is 34.1 Å². The lowest BCUT2D eigenvalue weighted by atomic mass is 9.83. The van der Waals surface area contributed by atoms with Crippen molar-refractivity contribution in [2.75, 3.05) is 9.80 Å². The molecule has 2 heteroatoms. The van der Waals surface area contributed by atoms with E-state index in [4.69, 9.17) is 0 Å². The first-order valence-corrected chi connectivity index (χ1v) is 29.3. The molecule has 2 nitrogen and oxygen atoms in total. The monoisotopic (exact) mass is 1010 g/mol. The fraction of sp³-hybridized carbons (Fsp3) is 0.237. The molecule has 0 unspecified atom stereocenters. The highest BCUT2D eigenvalue weighted by Gasteiger charge is 2.25. The Balaban J connectivity index is 1.09. The van der Waals surface area contributed by atoms with Crippen LogP contribution in [0, 0.1) is 0 Å². The Morgan fingerprint density at radius 2 is 0.628 bits per heavy atom. The molecule has 2 aliphatic carbocycles. The van der Waals surface area contributed by atoms with Gasteiger partial charge in [-0.05, 0) is 210 Å². The molecular formula is C76H72N2. The topological polar surface area (TPSA) is 6.48 Å². The summed E-state index contributed by atoms with van der Waals surface area (Å²) in [5.74, 6) is 2.16. The summed E-state index contributed by atoms with van der Waals surface area (Å²) in [6, 6.07) is 84.1. The highest BCUT2D eigenvalue weighted by molar-refractivity contribution is 6.26. The molecule has 11 aromatic rings. The zero-order valence-corrected chi connectivity index (χ0v) is 46.1.